The van der Waals surface area contributed by atoms with Crippen LogP contribution in [0, 0.1) is 3.57 Å². The van der Waals surface area contributed by atoms with Crippen LogP contribution in [0.4, 0.5) is 0 Å². The van der Waals surface area contributed by atoms with Gasteiger partial charge in [-0.2, -0.15) is 0 Å². The molecule has 6 heteroatoms. The molecule has 1 aromatic carbocycles. The van der Waals surface area contributed by atoms with Gasteiger partial charge in [-0.25, -0.2) is 4.79 Å². The van der Waals surface area contributed by atoms with Crippen LogP contribution in [0.25, 0.3) is 0 Å². The number of hydrogen-bond acceptors (Lipinski definition) is 3. The molecule has 96 valence electrons. The zero-order chi connectivity index (χ0) is 13.2. The highest BCUT2D eigenvalue weighted by molar-refractivity contribution is 14.1. The van der Waals surface area contributed by atoms with E-state index in [0.29, 0.717) is 12.2 Å². The van der Waals surface area contributed by atoms with E-state index in [1.54, 1.807) is 18.2 Å². The molecule has 2 N–H and O–H groups in total. The largest absolute Gasteiger partial charge is 0.479 e. The number of carboxylic acid groups (broad SMARTS) is 1. The Bertz CT molecular complexity index is 483. The second kappa shape index (κ2) is 5.23. The first-order valence-corrected chi connectivity index (χ1v) is 6.51. The molecule has 1 unspecified atom stereocenters. The predicted octanol–water partition coefficient (Wildman–Crippen LogP) is 1.26. The van der Waals surface area contributed by atoms with Crippen molar-refractivity contribution < 1.29 is 19.4 Å². The number of amides is 1. The Kier molecular flexibility index (Phi) is 3.86. The number of hydrogen-bond donors (Lipinski definition) is 2. The topological polar surface area (TPSA) is 75.6 Å². The second-order valence-corrected chi connectivity index (χ2v) is 5.29. The molecule has 2 rings (SSSR count). The minimum Gasteiger partial charge on any atom is -0.479 e. The lowest BCUT2D eigenvalue weighted by atomic mass is 9.98. The molecule has 5 nitrogen and oxygen atoms in total. The Hall–Kier alpha value is -1.15. The van der Waals surface area contributed by atoms with Gasteiger partial charge in [0, 0.05) is 16.6 Å². The van der Waals surface area contributed by atoms with E-state index >= 15 is 0 Å². The molecule has 1 amide bonds. The molecule has 1 fully saturated rings. The molecule has 1 saturated heterocycles. The van der Waals surface area contributed by atoms with Gasteiger partial charge >= 0.3 is 5.97 Å². The zero-order valence-electron chi connectivity index (χ0n) is 9.48. The lowest BCUT2D eigenvalue weighted by molar-refractivity contribution is -0.144. The molecular formula is C12H12INO4. The number of benzene rings is 1. The molecule has 1 aliphatic heterocycles. The summed E-state index contributed by atoms with van der Waals surface area (Å²) in [6.45, 7) is 0.357. The standard InChI is InChI=1S/C12H12INO4/c13-9-4-2-1-3-8(9)10(15)14-12(11(16)17)5-6-18-7-12/h1-4H,5-7H2,(H,14,15)(H,16,17). The third-order valence-corrected chi connectivity index (χ3v) is 3.84. The van der Waals surface area contributed by atoms with E-state index in [1.807, 2.05) is 28.7 Å². The maximum atomic E-state index is 12.1. The SMILES string of the molecule is O=C(NC1(C(=O)O)CCOC1)c1ccccc1I. The molecular weight excluding hydrogens is 349 g/mol. The smallest absolute Gasteiger partial charge is 0.331 e. The molecule has 1 atom stereocenters. The quantitative estimate of drug-likeness (QED) is 0.796. The van der Waals surface area contributed by atoms with E-state index < -0.39 is 11.5 Å². The highest BCUT2D eigenvalue weighted by Crippen LogP contribution is 2.20. The Balaban J connectivity index is 2.21. The van der Waals surface area contributed by atoms with Crippen molar-refractivity contribution in [1.29, 1.82) is 0 Å². The maximum absolute atomic E-state index is 12.1. The predicted molar refractivity (Wildman–Crippen MR) is 72.4 cm³/mol. The van der Waals surface area contributed by atoms with Crippen molar-refractivity contribution in [2.24, 2.45) is 0 Å². The molecule has 0 spiro atoms. The van der Waals surface area contributed by atoms with Crippen molar-refractivity contribution in [2.45, 2.75) is 12.0 Å². The van der Waals surface area contributed by atoms with Crippen molar-refractivity contribution in [3.8, 4) is 0 Å². The van der Waals surface area contributed by atoms with Gasteiger partial charge in [-0.3, -0.25) is 4.79 Å². The summed E-state index contributed by atoms with van der Waals surface area (Å²) in [5.41, 5.74) is -0.818. The molecule has 1 heterocycles. The normalized spacial score (nSPS) is 22.7. The highest BCUT2D eigenvalue weighted by Gasteiger charge is 2.44. The lowest BCUT2D eigenvalue weighted by Gasteiger charge is -2.23. The fourth-order valence-electron chi connectivity index (χ4n) is 1.82. The molecule has 18 heavy (non-hydrogen) atoms. The van der Waals surface area contributed by atoms with Gasteiger partial charge in [0.05, 0.1) is 12.2 Å². The fraction of sp³-hybridized carbons (Fsp3) is 0.333. The van der Waals surface area contributed by atoms with Crippen LogP contribution in [0.5, 0.6) is 0 Å². The average Bonchev–Trinajstić information content (AvgIpc) is 2.79. The van der Waals surface area contributed by atoms with Crippen LogP contribution in [0.2, 0.25) is 0 Å². The Labute approximate surface area is 118 Å². The number of ether oxygens (including phenoxy) is 1. The number of carbonyl (C=O) groups is 2. The van der Waals surface area contributed by atoms with Gasteiger partial charge in [0.2, 0.25) is 0 Å². The summed E-state index contributed by atoms with van der Waals surface area (Å²) in [6.07, 6.45) is 0.289. The minimum atomic E-state index is -1.30. The van der Waals surface area contributed by atoms with Crippen LogP contribution in [-0.4, -0.2) is 35.7 Å². The van der Waals surface area contributed by atoms with Crippen molar-refractivity contribution in [2.75, 3.05) is 13.2 Å². The minimum absolute atomic E-state index is 0.0114. The van der Waals surface area contributed by atoms with Crippen molar-refractivity contribution >= 4 is 34.5 Å². The summed E-state index contributed by atoms with van der Waals surface area (Å²) < 4.78 is 5.88. The molecule has 0 aromatic heterocycles. The Morgan fingerprint density at radius 1 is 1.39 bits per heavy atom. The highest BCUT2D eigenvalue weighted by atomic mass is 127. The molecule has 0 aliphatic carbocycles. The van der Waals surface area contributed by atoms with Gasteiger partial charge in [-0.05, 0) is 34.7 Å². The first-order chi connectivity index (χ1) is 8.55. The molecule has 1 aromatic rings. The van der Waals surface area contributed by atoms with Crippen LogP contribution in [-0.2, 0) is 9.53 Å². The van der Waals surface area contributed by atoms with Crippen molar-refractivity contribution in [1.82, 2.24) is 5.32 Å². The van der Waals surface area contributed by atoms with Crippen LogP contribution in [0.3, 0.4) is 0 Å². The van der Waals surface area contributed by atoms with Gasteiger partial charge in [0.15, 0.2) is 5.54 Å². The third-order valence-electron chi connectivity index (χ3n) is 2.90. The summed E-state index contributed by atoms with van der Waals surface area (Å²) in [5, 5.41) is 11.8. The number of carbonyl (C=O) groups excluding carboxylic acids is 1. The van der Waals surface area contributed by atoms with E-state index in [0.717, 1.165) is 3.57 Å². The number of carboxylic acids is 1. The fourth-order valence-corrected chi connectivity index (χ4v) is 2.45. The van der Waals surface area contributed by atoms with Gasteiger partial charge in [0.25, 0.3) is 5.91 Å². The summed E-state index contributed by atoms with van der Waals surface area (Å²) in [5.74, 6) is -1.44. The van der Waals surface area contributed by atoms with Crippen molar-refractivity contribution in [3.05, 3.63) is 33.4 Å². The summed E-state index contributed by atoms with van der Waals surface area (Å²) in [7, 11) is 0. The summed E-state index contributed by atoms with van der Waals surface area (Å²) in [4.78, 5) is 23.4. The second-order valence-electron chi connectivity index (χ2n) is 4.12. The van der Waals surface area contributed by atoms with Gasteiger partial charge in [-0.1, -0.05) is 12.1 Å². The number of aliphatic carboxylic acids is 1. The summed E-state index contributed by atoms with van der Waals surface area (Å²) in [6, 6.07) is 7.04. The molecule has 0 saturated carbocycles. The average molecular weight is 361 g/mol. The maximum Gasteiger partial charge on any atom is 0.331 e. The molecule has 0 radical (unpaired) electrons. The Morgan fingerprint density at radius 2 is 2.11 bits per heavy atom. The lowest BCUT2D eigenvalue weighted by Crippen LogP contribution is -2.55. The summed E-state index contributed by atoms with van der Waals surface area (Å²) >= 11 is 2.04. The van der Waals surface area contributed by atoms with E-state index in [-0.39, 0.29) is 18.9 Å². The van der Waals surface area contributed by atoms with Crippen LogP contribution < -0.4 is 5.32 Å². The van der Waals surface area contributed by atoms with E-state index in [1.165, 1.54) is 0 Å². The van der Waals surface area contributed by atoms with E-state index in [2.05, 4.69) is 5.32 Å². The van der Waals surface area contributed by atoms with Crippen molar-refractivity contribution in [3.63, 3.8) is 0 Å². The first-order valence-electron chi connectivity index (χ1n) is 5.43. The van der Waals surface area contributed by atoms with Crippen LogP contribution >= 0.6 is 22.6 Å². The monoisotopic (exact) mass is 361 g/mol. The molecule has 1 aliphatic rings. The molecule has 0 bridgehead atoms. The first kappa shape index (κ1) is 13.3. The zero-order valence-corrected chi connectivity index (χ0v) is 11.6. The third kappa shape index (κ3) is 2.49. The van der Waals surface area contributed by atoms with Crippen LogP contribution in [0.1, 0.15) is 16.8 Å². The number of nitrogens with one attached hydrogen (secondary N) is 1. The van der Waals surface area contributed by atoms with Crippen LogP contribution in [0.15, 0.2) is 24.3 Å². The van der Waals surface area contributed by atoms with Gasteiger partial charge in [-0.15, -0.1) is 0 Å². The van der Waals surface area contributed by atoms with E-state index in [9.17, 15) is 14.7 Å². The number of halogens is 1. The van der Waals surface area contributed by atoms with Gasteiger partial charge < -0.3 is 15.2 Å². The van der Waals surface area contributed by atoms with Gasteiger partial charge in [0.1, 0.15) is 0 Å². The van der Waals surface area contributed by atoms with E-state index in [4.69, 9.17) is 4.74 Å². The Morgan fingerprint density at radius 3 is 2.67 bits per heavy atom. The number of rotatable bonds is 3.